The van der Waals surface area contributed by atoms with E-state index in [4.69, 9.17) is 0 Å². The molecule has 1 N–H and O–H groups in total. The first-order valence-electron chi connectivity index (χ1n) is 7.24. The van der Waals surface area contributed by atoms with Crippen molar-refractivity contribution >= 4 is 21.4 Å². The molecule has 1 rings (SSSR count). The molecule has 0 unspecified atom stereocenters. The molecule has 1 heterocycles. The largest absolute Gasteiger partial charge is 0.312 e. The van der Waals surface area contributed by atoms with Gasteiger partial charge in [-0.3, -0.25) is 0 Å². The summed E-state index contributed by atoms with van der Waals surface area (Å²) in [6.07, 6.45) is 1.87. The van der Waals surface area contributed by atoms with E-state index in [1.54, 1.807) is 10.4 Å². The fourth-order valence-electron chi connectivity index (χ4n) is 2.07. The summed E-state index contributed by atoms with van der Waals surface area (Å²) in [6.45, 7) is 10.0. The van der Waals surface area contributed by atoms with Crippen LogP contribution in [0.3, 0.4) is 0 Å². The van der Waals surface area contributed by atoms with Crippen molar-refractivity contribution in [1.82, 2.24) is 9.62 Å². The van der Waals surface area contributed by atoms with Gasteiger partial charge in [0.2, 0.25) is 10.0 Å². The van der Waals surface area contributed by atoms with Gasteiger partial charge in [0, 0.05) is 24.0 Å². The van der Waals surface area contributed by atoms with E-state index in [0.29, 0.717) is 18.0 Å². The number of hydrogen-bond donors (Lipinski definition) is 1. The molecule has 0 bridgehead atoms. The molecule has 0 amide bonds. The zero-order valence-corrected chi connectivity index (χ0v) is 14.5. The van der Waals surface area contributed by atoms with Gasteiger partial charge in [-0.2, -0.15) is 4.31 Å². The second-order valence-electron chi connectivity index (χ2n) is 5.09. The van der Waals surface area contributed by atoms with Crippen molar-refractivity contribution in [2.45, 2.75) is 58.0 Å². The number of thiophene rings is 1. The second kappa shape index (κ2) is 8.12. The lowest BCUT2D eigenvalue weighted by atomic mass is 10.4. The Morgan fingerprint density at radius 1 is 1.30 bits per heavy atom. The van der Waals surface area contributed by atoms with Crippen molar-refractivity contribution in [1.29, 1.82) is 0 Å². The van der Waals surface area contributed by atoms with Gasteiger partial charge in [-0.1, -0.05) is 13.8 Å². The molecule has 0 aliphatic rings. The Bertz CT molecular complexity index is 495. The Hall–Kier alpha value is -0.430. The van der Waals surface area contributed by atoms with Crippen LogP contribution in [0, 0.1) is 0 Å². The summed E-state index contributed by atoms with van der Waals surface area (Å²) >= 11 is 1.51. The van der Waals surface area contributed by atoms with E-state index >= 15 is 0 Å². The first-order valence-corrected chi connectivity index (χ1v) is 9.56. The molecule has 0 fully saturated rings. The van der Waals surface area contributed by atoms with Crippen molar-refractivity contribution in [2.75, 3.05) is 13.1 Å². The van der Waals surface area contributed by atoms with Gasteiger partial charge in [0.15, 0.2) is 0 Å². The van der Waals surface area contributed by atoms with E-state index in [9.17, 15) is 8.42 Å². The summed E-state index contributed by atoms with van der Waals surface area (Å²) in [5.41, 5.74) is 0. The van der Waals surface area contributed by atoms with E-state index in [2.05, 4.69) is 12.2 Å². The zero-order valence-electron chi connectivity index (χ0n) is 12.8. The zero-order chi connectivity index (χ0) is 15.2. The third-order valence-electron chi connectivity index (χ3n) is 3.02. The van der Waals surface area contributed by atoms with Gasteiger partial charge in [-0.15, -0.1) is 11.3 Å². The van der Waals surface area contributed by atoms with Gasteiger partial charge in [0.1, 0.15) is 0 Å². The van der Waals surface area contributed by atoms with Crippen LogP contribution in [0.2, 0.25) is 0 Å². The van der Waals surface area contributed by atoms with E-state index in [0.717, 1.165) is 24.3 Å². The molecule has 0 aromatic carbocycles. The fourth-order valence-corrected chi connectivity index (χ4v) is 5.18. The van der Waals surface area contributed by atoms with E-state index in [1.165, 1.54) is 11.3 Å². The maximum Gasteiger partial charge on any atom is 0.244 e. The number of nitrogens with zero attached hydrogens (tertiary/aromatic N) is 1. The molecule has 0 radical (unpaired) electrons. The molecule has 4 nitrogen and oxygen atoms in total. The first kappa shape index (κ1) is 17.6. The Labute approximate surface area is 127 Å². The maximum atomic E-state index is 12.8. The van der Waals surface area contributed by atoms with Crippen LogP contribution in [0.5, 0.6) is 0 Å². The highest BCUT2D eigenvalue weighted by Crippen LogP contribution is 2.26. The summed E-state index contributed by atoms with van der Waals surface area (Å²) in [6, 6.07) is 1.71. The standard InChI is InChI=1S/C14H26N2O2S2/c1-5-8-15-11-13-14(7-10-19-13)20(17,18)16(9-6-2)12(3)4/h7,10,12,15H,5-6,8-9,11H2,1-4H3. The minimum atomic E-state index is -3.38. The Morgan fingerprint density at radius 2 is 2.00 bits per heavy atom. The average molecular weight is 319 g/mol. The highest BCUT2D eigenvalue weighted by molar-refractivity contribution is 7.89. The van der Waals surface area contributed by atoms with Crippen molar-refractivity contribution in [3.05, 3.63) is 16.3 Å². The molecule has 0 aliphatic carbocycles. The number of sulfonamides is 1. The van der Waals surface area contributed by atoms with Crippen LogP contribution in [-0.2, 0) is 16.6 Å². The lowest BCUT2D eigenvalue weighted by Gasteiger charge is -2.25. The van der Waals surface area contributed by atoms with Crippen molar-refractivity contribution in [3.63, 3.8) is 0 Å². The molecule has 0 atom stereocenters. The third-order valence-corrected chi connectivity index (χ3v) is 6.23. The summed E-state index contributed by atoms with van der Waals surface area (Å²) in [7, 11) is -3.38. The van der Waals surface area contributed by atoms with Gasteiger partial charge in [0.25, 0.3) is 0 Å². The lowest BCUT2D eigenvalue weighted by molar-refractivity contribution is 0.354. The monoisotopic (exact) mass is 318 g/mol. The average Bonchev–Trinajstić information content (AvgIpc) is 2.84. The van der Waals surface area contributed by atoms with Crippen LogP contribution in [0.15, 0.2) is 16.3 Å². The summed E-state index contributed by atoms with van der Waals surface area (Å²) in [4.78, 5) is 1.37. The van der Waals surface area contributed by atoms with Gasteiger partial charge < -0.3 is 5.32 Å². The fraction of sp³-hybridized carbons (Fsp3) is 0.714. The molecule has 0 spiro atoms. The molecule has 0 saturated carbocycles. The molecule has 0 aliphatic heterocycles. The molecule has 6 heteroatoms. The van der Waals surface area contributed by atoms with E-state index in [1.807, 2.05) is 26.2 Å². The Balaban J connectivity index is 2.99. The highest BCUT2D eigenvalue weighted by Gasteiger charge is 2.28. The molecule has 1 aromatic rings. The molecule has 20 heavy (non-hydrogen) atoms. The van der Waals surface area contributed by atoms with E-state index < -0.39 is 10.0 Å². The Kier molecular flexibility index (Phi) is 7.15. The van der Waals surface area contributed by atoms with Gasteiger partial charge >= 0.3 is 0 Å². The van der Waals surface area contributed by atoms with E-state index in [-0.39, 0.29) is 6.04 Å². The smallest absolute Gasteiger partial charge is 0.244 e. The van der Waals surface area contributed by atoms with Gasteiger partial charge in [0.05, 0.1) is 4.90 Å². The second-order valence-corrected chi connectivity index (χ2v) is 7.95. The molecular weight excluding hydrogens is 292 g/mol. The minimum absolute atomic E-state index is 0.0173. The summed E-state index contributed by atoms with van der Waals surface area (Å²) in [5.74, 6) is 0. The third kappa shape index (κ3) is 4.28. The summed E-state index contributed by atoms with van der Waals surface area (Å²) < 4.78 is 27.2. The van der Waals surface area contributed by atoms with Gasteiger partial charge in [-0.05, 0) is 44.7 Å². The van der Waals surface area contributed by atoms with Crippen LogP contribution in [-0.4, -0.2) is 31.9 Å². The number of rotatable bonds is 9. The van der Waals surface area contributed by atoms with Crippen molar-refractivity contribution < 1.29 is 8.42 Å². The quantitative estimate of drug-likeness (QED) is 0.712. The molecule has 1 aromatic heterocycles. The predicted molar refractivity (Wildman–Crippen MR) is 85.6 cm³/mol. The first-order chi connectivity index (χ1) is 9.45. The predicted octanol–water partition coefficient (Wildman–Crippen LogP) is 3.06. The topological polar surface area (TPSA) is 49.4 Å². The van der Waals surface area contributed by atoms with Gasteiger partial charge in [-0.25, -0.2) is 8.42 Å². The molecular formula is C14H26N2O2S2. The molecule has 0 saturated heterocycles. The maximum absolute atomic E-state index is 12.8. The van der Waals surface area contributed by atoms with Crippen LogP contribution in [0.4, 0.5) is 0 Å². The van der Waals surface area contributed by atoms with Crippen LogP contribution < -0.4 is 5.32 Å². The molecule has 116 valence electrons. The van der Waals surface area contributed by atoms with Crippen LogP contribution in [0.25, 0.3) is 0 Å². The summed E-state index contributed by atoms with van der Waals surface area (Å²) in [5, 5.41) is 5.14. The number of nitrogens with one attached hydrogen (secondary N) is 1. The van der Waals surface area contributed by atoms with Crippen LogP contribution >= 0.6 is 11.3 Å². The minimum Gasteiger partial charge on any atom is -0.312 e. The lowest BCUT2D eigenvalue weighted by Crippen LogP contribution is -2.37. The van der Waals surface area contributed by atoms with Crippen molar-refractivity contribution in [2.24, 2.45) is 0 Å². The highest BCUT2D eigenvalue weighted by atomic mass is 32.2. The SMILES string of the molecule is CCCNCc1sccc1S(=O)(=O)N(CCC)C(C)C. The van der Waals surface area contributed by atoms with Crippen LogP contribution in [0.1, 0.15) is 45.4 Å². The van der Waals surface area contributed by atoms with Crippen molar-refractivity contribution in [3.8, 4) is 0 Å². The normalized spacial score (nSPS) is 12.5. The Morgan fingerprint density at radius 3 is 2.55 bits per heavy atom. The number of hydrogen-bond acceptors (Lipinski definition) is 4.